The third-order valence-corrected chi connectivity index (χ3v) is 9.15. The van der Waals surface area contributed by atoms with Gasteiger partial charge in [0.2, 0.25) is 5.13 Å². The molecule has 1 aliphatic rings. The highest BCUT2D eigenvalue weighted by Gasteiger charge is 2.49. The Balaban J connectivity index is 1.43. The molecule has 6 rings (SSSR count). The Labute approximate surface area is 243 Å². The maximum atomic E-state index is 13.6. The summed E-state index contributed by atoms with van der Waals surface area (Å²) in [6, 6.07) is 17.2. The summed E-state index contributed by atoms with van der Waals surface area (Å²) in [5, 5.41) is 30.6. The summed E-state index contributed by atoms with van der Waals surface area (Å²) in [6.07, 6.45) is 1.82. The number of amides is 1. The minimum atomic E-state index is -1.05. The highest BCUT2D eigenvalue weighted by atomic mass is 32.2. The van der Waals surface area contributed by atoms with Gasteiger partial charge in [0.25, 0.3) is 5.78 Å². The molecule has 0 bridgehead atoms. The van der Waals surface area contributed by atoms with Crippen LogP contribution in [0.5, 0.6) is 5.75 Å². The standard InChI is InChI=1S/C30H25N5O4S2/c1-16-9-11-19(12-10-16)15-40-30-33-32-29(41-30)35-24(20-7-4-8-21(36)14-20)22(26(38)28(35)39)25(37)23-18(3)34-13-5-6-17(2)27(34)31-23/h4-14,24,36-37H,15H2,1-3H3/b25-22+. The van der Waals surface area contributed by atoms with Crippen molar-refractivity contribution in [3.05, 3.63) is 106 Å². The number of hydrogen-bond acceptors (Lipinski definition) is 9. The second-order valence-electron chi connectivity index (χ2n) is 9.82. The Kier molecular flexibility index (Phi) is 6.84. The Morgan fingerprint density at radius 1 is 1.02 bits per heavy atom. The number of aliphatic hydroxyl groups is 1. The number of aryl methyl sites for hydroxylation is 3. The van der Waals surface area contributed by atoms with E-state index in [1.807, 2.05) is 60.8 Å². The number of rotatable bonds is 6. The van der Waals surface area contributed by atoms with Crippen LogP contribution in [0.1, 0.15) is 39.7 Å². The third-order valence-electron chi connectivity index (χ3n) is 7.02. The largest absolute Gasteiger partial charge is 0.508 e. The number of Topliss-reactive ketones (excluding diaryl/α,β-unsaturated/α-hetero) is 1. The monoisotopic (exact) mass is 583 g/mol. The number of imidazole rings is 1. The fourth-order valence-corrected chi connectivity index (χ4v) is 6.73. The molecule has 2 aromatic carbocycles. The molecule has 1 aliphatic heterocycles. The molecule has 1 fully saturated rings. The summed E-state index contributed by atoms with van der Waals surface area (Å²) in [4.78, 5) is 32.9. The van der Waals surface area contributed by atoms with Crippen LogP contribution in [0.15, 0.2) is 76.8 Å². The molecule has 1 atom stereocenters. The molecule has 41 heavy (non-hydrogen) atoms. The van der Waals surface area contributed by atoms with Gasteiger partial charge in [-0.25, -0.2) is 4.98 Å². The minimum Gasteiger partial charge on any atom is -0.508 e. The zero-order valence-corrected chi connectivity index (χ0v) is 24.0. The molecule has 5 aromatic rings. The van der Waals surface area contributed by atoms with E-state index in [9.17, 15) is 19.8 Å². The molecular formula is C30H25N5O4S2. The number of aromatic hydroxyl groups is 1. The van der Waals surface area contributed by atoms with Gasteiger partial charge in [0.1, 0.15) is 17.1 Å². The van der Waals surface area contributed by atoms with Crippen molar-refractivity contribution >= 4 is 51.3 Å². The van der Waals surface area contributed by atoms with Gasteiger partial charge < -0.3 is 14.6 Å². The first-order valence-corrected chi connectivity index (χ1v) is 14.6. The molecule has 1 unspecified atom stereocenters. The van der Waals surface area contributed by atoms with E-state index in [-0.39, 0.29) is 22.1 Å². The van der Waals surface area contributed by atoms with Crippen LogP contribution in [0.2, 0.25) is 0 Å². The lowest BCUT2D eigenvalue weighted by Gasteiger charge is -2.22. The van der Waals surface area contributed by atoms with Gasteiger partial charge in [-0.1, -0.05) is 71.1 Å². The van der Waals surface area contributed by atoms with Crippen LogP contribution in [0, 0.1) is 20.8 Å². The van der Waals surface area contributed by atoms with Crippen molar-refractivity contribution in [1.82, 2.24) is 19.6 Å². The first kappa shape index (κ1) is 26.7. The van der Waals surface area contributed by atoms with Gasteiger partial charge in [0, 0.05) is 11.9 Å². The van der Waals surface area contributed by atoms with E-state index in [4.69, 9.17) is 0 Å². The molecule has 2 N–H and O–H groups in total. The highest BCUT2D eigenvalue weighted by molar-refractivity contribution is 8.00. The van der Waals surface area contributed by atoms with E-state index in [0.717, 1.165) is 11.1 Å². The highest BCUT2D eigenvalue weighted by Crippen LogP contribution is 2.44. The van der Waals surface area contributed by atoms with Crippen LogP contribution >= 0.6 is 23.1 Å². The van der Waals surface area contributed by atoms with Crippen molar-refractivity contribution in [3.63, 3.8) is 0 Å². The van der Waals surface area contributed by atoms with Gasteiger partial charge in [0.15, 0.2) is 10.1 Å². The summed E-state index contributed by atoms with van der Waals surface area (Å²) in [6.45, 7) is 5.72. The van der Waals surface area contributed by atoms with Crippen LogP contribution in [-0.4, -0.2) is 41.5 Å². The van der Waals surface area contributed by atoms with Crippen molar-refractivity contribution in [3.8, 4) is 5.75 Å². The van der Waals surface area contributed by atoms with Crippen LogP contribution in [0.4, 0.5) is 5.13 Å². The number of carbonyl (C=O) groups is 2. The Morgan fingerprint density at radius 2 is 1.80 bits per heavy atom. The second kappa shape index (κ2) is 10.5. The fourth-order valence-electron chi connectivity index (χ4n) is 4.90. The number of nitrogens with zero attached hydrogens (tertiary/aromatic N) is 5. The number of hydrogen-bond donors (Lipinski definition) is 2. The van der Waals surface area contributed by atoms with Gasteiger partial charge in [-0.3, -0.25) is 14.5 Å². The second-order valence-corrected chi connectivity index (χ2v) is 12.0. The maximum Gasteiger partial charge on any atom is 0.301 e. The van der Waals surface area contributed by atoms with E-state index < -0.39 is 23.5 Å². The number of anilines is 1. The number of ketones is 1. The van der Waals surface area contributed by atoms with Gasteiger partial charge in [-0.2, -0.15) is 0 Å². The SMILES string of the molecule is Cc1ccc(CSc2nnc(N3C(=O)C(=O)/C(=C(/O)c4nc5c(C)cccn5c4C)C3c3cccc(O)c3)s2)cc1. The molecule has 9 nitrogen and oxygen atoms in total. The lowest BCUT2D eigenvalue weighted by Crippen LogP contribution is -2.29. The van der Waals surface area contributed by atoms with Crippen molar-refractivity contribution < 1.29 is 19.8 Å². The summed E-state index contributed by atoms with van der Waals surface area (Å²) in [7, 11) is 0. The predicted octanol–water partition coefficient (Wildman–Crippen LogP) is 5.74. The molecule has 4 heterocycles. The Bertz CT molecular complexity index is 1860. The van der Waals surface area contributed by atoms with E-state index in [0.29, 0.717) is 27.0 Å². The average molecular weight is 584 g/mol. The number of phenols is 1. The molecule has 0 saturated carbocycles. The van der Waals surface area contributed by atoms with E-state index in [1.54, 1.807) is 19.1 Å². The summed E-state index contributed by atoms with van der Waals surface area (Å²) < 4.78 is 2.45. The minimum absolute atomic E-state index is 0.0424. The average Bonchev–Trinajstić information content (AvgIpc) is 3.63. The zero-order valence-electron chi connectivity index (χ0n) is 22.4. The normalized spacial score (nSPS) is 16.7. The molecule has 0 spiro atoms. The molecule has 1 saturated heterocycles. The molecule has 11 heteroatoms. The predicted molar refractivity (Wildman–Crippen MR) is 158 cm³/mol. The van der Waals surface area contributed by atoms with Crippen molar-refractivity contribution in [2.45, 2.75) is 36.9 Å². The van der Waals surface area contributed by atoms with Crippen molar-refractivity contribution in [1.29, 1.82) is 0 Å². The number of fused-ring (bicyclic) bond motifs is 1. The zero-order chi connectivity index (χ0) is 28.8. The summed E-state index contributed by atoms with van der Waals surface area (Å²) in [5.41, 5.74) is 4.95. The molecule has 1 amide bonds. The number of carbonyl (C=O) groups excluding carboxylic acids is 2. The Hall–Kier alpha value is -4.48. The number of aromatic nitrogens is 4. The van der Waals surface area contributed by atoms with E-state index in [2.05, 4.69) is 15.2 Å². The lowest BCUT2D eigenvalue weighted by atomic mass is 9.96. The lowest BCUT2D eigenvalue weighted by molar-refractivity contribution is -0.132. The van der Waals surface area contributed by atoms with E-state index >= 15 is 0 Å². The molecular weight excluding hydrogens is 558 g/mol. The van der Waals surface area contributed by atoms with Gasteiger partial charge in [0.05, 0.1) is 17.3 Å². The topological polar surface area (TPSA) is 121 Å². The molecule has 3 aromatic heterocycles. The molecule has 206 valence electrons. The van der Waals surface area contributed by atoms with Crippen LogP contribution in [-0.2, 0) is 15.3 Å². The van der Waals surface area contributed by atoms with Gasteiger partial charge in [-0.05, 0) is 55.7 Å². The summed E-state index contributed by atoms with van der Waals surface area (Å²) >= 11 is 2.66. The quantitative estimate of drug-likeness (QED) is 0.0854. The number of benzene rings is 2. The van der Waals surface area contributed by atoms with Crippen LogP contribution in [0.25, 0.3) is 11.4 Å². The number of aliphatic hydroxyl groups excluding tert-OH is 1. The first-order valence-electron chi connectivity index (χ1n) is 12.8. The van der Waals surface area contributed by atoms with Gasteiger partial charge in [-0.15, -0.1) is 10.2 Å². The van der Waals surface area contributed by atoms with Crippen molar-refractivity contribution in [2.75, 3.05) is 4.90 Å². The van der Waals surface area contributed by atoms with Crippen molar-refractivity contribution in [2.24, 2.45) is 0 Å². The first-order chi connectivity index (χ1) is 19.7. The van der Waals surface area contributed by atoms with Crippen LogP contribution in [0.3, 0.4) is 0 Å². The smallest absolute Gasteiger partial charge is 0.301 e. The molecule has 0 radical (unpaired) electrons. The Morgan fingerprint density at radius 3 is 2.54 bits per heavy atom. The number of phenolic OH excluding ortho intramolecular Hbond substituents is 1. The van der Waals surface area contributed by atoms with E-state index in [1.165, 1.54) is 45.7 Å². The van der Waals surface area contributed by atoms with Gasteiger partial charge >= 0.3 is 5.91 Å². The maximum absolute atomic E-state index is 13.6. The third kappa shape index (κ3) is 4.76. The van der Waals surface area contributed by atoms with Crippen LogP contribution < -0.4 is 4.90 Å². The number of thioether (sulfide) groups is 1. The number of pyridine rings is 1. The summed E-state index contributed by atoms with van der Waals surface area (Å²) in [5.74, 6) is -1.48. The fraction of sp³-hybridized carbons (Fsp3) is 0.167. The molecule has 0 aliphatic carbocycles.